The van der Waals surface area contributed by atoms with Crippen LogP contribution in [0.5, 0.6) is 23.0 Å². The van der Waals surface area contributed by atoms with Crippen molar-refractivity contribution >= 4 is 70.3 Å². The van der Waals surface area contributed by atoms with Crippen LogP contribution >= 0.6 is 0 Å². The van der Waals surface area contributed by atoms with E-state index in [1.54, 1.807) is 79.9 Å². The van der Waals surface area contributed by atoms with E-state index in [0.29, 0.717) is 60.0 Å². The first-order valence-corrected chi connectivity index (χ1v) is 32.8. The number of ether oxygens (including phenoxy) is 6. The van der Waals surface area contributed by atoms with Gasteiger partial charge in [0.25, 0.3) is 0 Å². The predicted molar refractivity (Wildman–Crippen MR) is 358 cm³/mol. The standard InChI is InChI=1S/C70H85N13O14/c1-41(84)78-39-58(85)80-53(13-9-29-77-67(73)74)65(88)79-38-49-35-48(26-31-83(49)69(91)96-57-25-23-52-55-37-46-19-24-56(92-3)60-59(46)70(52,61(57)97-60)27-32-82(55)2)63(86)75-28-8-7-12-54(81-68(90)94-40-42-10-5-4-6-11-42)64(87)76-30-33-93-50-20-16-43(17-21-50)66(89)95-51-22-18-44-34-47(62(71)72)15-14-45(44)36-51/h4-6,10-11,14-22,24-25,34,36,48-49,52-55,61H,7-9,12-13,23,26-33,35,37-40H2,1-3H3,(H3,71,72)(H,75,86)(H,76,87)(H,78,84)(H,79,88)(H,80,85)(H,81,90)(H4,73,74,77)/t48?,49?,52-,53+,54-,55+,61-,70-/m0/s1. The molecular weight excluding hydrogens is 1250 g/mol. The number of fused-ring (bicyclic) bond motifs is 1. The van der Waals surface area contributed by atoms with Gasteiger partial charge in [-0.3, -0.25) is 34.8 Å². The van der Waals surface area contributed by atoms with Gasteiger partial charge in [-0.2, -0.15) is 0 Å². The average molecular weight is 1330 g/mol. The quantitative estimate of drug-likeness (QED) is 0.0103. The number of nitrogen functional groups attached to an aromatic ring is 1. The lowest BCUT2D eigenvalue weighted by Gasteiger charge is -2.56. The maximum absolute atomic E-state index is 14.8. The number of alkyl carbamates (subject to hydrolysis) is 1. The molecule has 2 bridgehead atoms. The number of nitrogens with zero attached hydrogens (tertiary/aromatic N) is 2. The van der Waals surface area contributed by atoms with Gasteiger partial charge in [-0.25, -0.2) is 14.4 Å². The van der Waals surface area contributed by atoms with E-state index in [9.17, 15) is 38.4 Å². The first kappa shape index (κ1) is 69.4. The minimum Gasteiger partial charge on any atom is -0.493 e. The Bertz CT molecular complexity index is 3800. The number of rotatable bonds is 29. The number of likely N-dealkylation sites (N-methyl/N-ethyl adjacent to an activating group) is 1. The zero-order chi connectivity index (χ0) is 68.8. The monoisotopic (exact) mass is 1330 g/mol. The number of carbonyl (C=O) groups is 8. The molecule has 0 radical (unpaired) electrons. The van der Waals surface area contributed by atoms with E-state index in [4.69, 9.17) is 50.7 Å². The summed E-state index contributed by atoms with van der Waals surface area (Å²) in [5.74, 6) is -1.30. The van der Waals surface area contributed by atoms with Crippen molar-refractivity contribution in [3.8, 4) is 23.0 Å². The molecule has 27 heteroatoms. The van der Waals surface area contributed by atoms with Crippen LogP contribution in [0.4, 0.5) is 9.59 Å². The Morgan fingerprint density at radius 2 is 1.47 bits per heavy atom. The van der Waals surface area contributed by atoms with Gasteiger partial charge in [-0.05, 0) is 160 Å². The lowest BCUT2D eigenvalue weighted by molar-refractivity contribution is -0.130. The number of benzene rings is 5. The number of nitrogens with two attached hydrogens (primary N) is 2. The van der Waals surface area contributed by atoms with Gasteiger partial charge >= 0.3 is 18.2 Å². The van der Waals surface area contributed by atoms with Gasteiger partial charge in [0.2, 0.25) is 29.5 Å². The molecule has 2 saturated heterocycles. The number of unbranched alkanes of at least 4 members (excludes halogenated alkanes) is 1. The Labute approximate surface area is 561 Å². The molecule has 5 aliphatic rings. The van der Waals surface area contributed by atoms with Crippen LogP contribution in [0, 0.1) is 22.7 Å². The van der Waals surface area contributed by atoms with Crippen molar-refractivity contribution in [1.29, 1.82) is 10.8 Å². The molecule has 2 aliphatic carbocycles. The summed E-state index contributed by atoms with van der Waals surface area (Å²) in [5.41, 5.74) is 14.6. The van der Waals surface area contributed by atoms with Crippen molar-refractivity contribution in [3.63, 3.8) is 0 Å². The molecule has 7 amide bonds. The maximum Gasteiger partial charge on any atom is 0.415 e. The van der Waals surface area contributed by atoms with Crippen molar-refractivity contribution in [2.45, 2.75) is 113 Å². The zero-order valence-corrected chi connectivity index (χ0v) is 54.6. The number of methoxy groups -OCH3 is 1. The summed E-state index contributed by atoms with van der Waals surface area (Å²) < 4.78 is 36.1. The van der Waals surface area contributed by atoms with Crippen LogP contribution in [0.1, 0.15) is 97.3 Å². The third-order valence-corrected chi connectivity index (χ3v) is 18.7. The predicted octanol–water partition coefficient (Wildman–Crippen LogP) is 4.51. The first-order chi connectivity index (χ1) is 46.8. The van der Waals surface area contributed by atoms with Crippen molar-refractivity contribution in [1.82, 2.24) is 47.0 Å². The number of nitrogens with one attached hydrogen (secondary N) is 9. The maximum atomic E-state index is 14.8. The fraction of sp³-hybridized carbons (Fsp3) is 0.429. The minimum absolute atomic E-state index is 0.0298. The van der Waals surface area contributed by atoms with Crippen LogP contribution in [-0.4, -0.2) is 166 Å². The lowest BCUT2D eigenvalue weighted by Crippen LogP contribution is -2.63. The largest absolute Gasteiger partial charge is 0.493 e. The van der Waals surface area contributed by atoms with E-state index in [-0.39, 0.29) is 113 Å². The van der Waals surface area contributed by atoms with Gasteiger partial charge in [0.15, 0.2) is 23.6 Å². The SMILES string of the molecule is COc1ccc2c3c1O[C@H]1C(OC(=O)N4CCC(C(=O)NCCCC[C@H](NC(=O)OCc5ccccc5)C(=O)NCCOc5ccc(C(=O)Oc6ccc7cc(C(=N)N)ccc7c6)cc5)CC4CNC(=O)[C@@H](CCCNC(=N)N)NC(=O)CNC(C)=O)=CC[C@H]4[C@@H](C2)N(C)CC[C@]314. The third kappa shape index (κ3) is 17.0. The molecule has 0 saturated carbocycles. The summed E-state index contributed by atoms with van der Waals surface area (Å²) in [6, 6.07) is 27.2. The minimum atomic E-state index is -1.09. The second-order valence-electron chi connectivity index (χ2n) is 25.1. The van der Waals surface area contributed by atoms with Gasteiger partial charge in [-0.1, -0.05) is 54.6 Å². The fourth-order valence-corrected chi connectivity index (χ4v) is 13.8. The molecule has 0 aromatic heterocycles. The molecular formula is C70H85N13O14. The fourth-order valence-electron chi connectivity index (χ4n) is 13.8. The lowest BCUT2D eigenvalue weighted by atomic mass is 9.53. The molecule has 1 spiro atoms. The van der Waals surface area contributed by atoms with Crippen LogP contribution < -0.4 is 67.6 Å². The van der Waals surface area contributed by atoms with E-state index >= 15 is 0 Å². The summed E-state index contributed by atoms with van der Waals surface area (Å²) in [6.45, 7) is 2.17. The topological polar surface area (TPSA) is 382 Å². The van der Waals surface area contributed by atoms with Gasteiger partial charge in [0.05, 0.1) is 31.8 Å². The number of esters is 1. The highest BCUT2D eigenvalue weighted by atomic mass is 16.6. The first-order valence-electron chi connectivity index (χ1n) is 32.8. The Hall–Kier alpha value is -10.4. The smallest absolute Gasteiger partial charge is 0.415 e. The van der Waals surface area contributed by atoms with Crippen LogP contribution in [0.2, 0.25) is 0 Å². The Balaban J connectivity index is 0.753. The zero-order valence-electron chi connectivity index (χ0n) is 54.6. The van der Waals surface area contributed by atoms with Crippen LogP contribution in [0.25, 0.3) is 10.8 Å². The Morgan fingerprint density at radius 1 is 0.753 bits per heavy atom. The number of hydrogen-bond acceptors (Lipinski definition) is 17. The van der Waals surface area contributed by atoms with E-state index < -0.39 is 77.3 Å². The number of guanidine groups is 1. The van der Waals surface area contributed by atoms with E-state index in [1.165, 1.54) is 17.4 Å². The molecule has 8 atom stereocenters. The molecule has 5 aromatic carbocycles. The highest BCUT2D eigenvalue weighted by Gasteiger charge is 2.65. The summed E-state index contributed by atoms with van der Waals surface area (Å²) in [4.78, 5) is 112. The second kappa shape index (κ2) is 31.9. The summed E-state index contributed by atoms with van der Waals surface area (Å²) >= 11 is 0. The van der Waals surface area contributed by atoms with Gasteiger partial charge in [0.1, 0.15) is 48.4 Å². The molecule has 5 aromatic rings. The number of amides is 7. The molecule has 514 valence electrons. The number of amidine groups is 1. The van der Waals surface area contributed by atoms with Gasteiger partial charge in [-0.15, -0.1) is 0 Å². The molecule has 13 N–H and O–H groups in total. The van der Waals surface area contributed by atoms with Crippen molar-refractivity contribution < 1.29 is 66.8 Å². The number of likely N-dealkylation sites (tertiary alicyclic amines) is 2. The highest BCUT2D eigenvalue weighted by molar-refractivity contribution is 6.00. The Morgan fingerprint density at radius 3 is 2.24 bits per heavy atom. The molecule has 27 nitrogen and oxygen atoms in total. The molecule has 10 rings (SSSR count). The third-order valence-electron chi connectivity index (χ3n) is 18.7. The summed E-state index contributed by atoms with van der Waals surface area (Å²) in [5, 5.41) is 36.1. The molecule has 2 unspecified atom stereocenters. The van der Waals surface area contributed by atoms with Gasteiger partial charge in [0, 0.05) is 61.6 Å². The second-order valence-corrected chi connectivity index (χ2v) is 25.1. The normalized spacial score (nSPS) is 20.1. The summed E-state index contributed by atoms with van der Waals surface area (Å²) in [7, 11) is 3.76. The molecule has 2 fully saturated rings. The number of carbonyl (C=O) groups excluding carboxylic acids is 8. The van der Waals surface area contributed by atoms with Crippen LogP contribution in [0.3, 0.4) is 0 Å². The van der Waals surface area contributed by atoms with E-state index in [0.717, 1.165) is 41.3 Å². The number of piperidine rings is 2. The van der Waals surface area contributed by atoms with Crippen molar-refractivity contribution in [2.75, 3.05) is 66.6 Å². The van der Waals surface area contributed by atoms with Crippen LogP contribution in [0.15, 0.2) is 115 Å². The van der Waals surface area contributed by atoms with Crippen LogP contribution in [-0.2, 0) is 51.9 Å². The van der Waals surface area contributed by atoms with E-state index in [1.807, 2.05) is 30.3 Å². The highest BCUT2D eigenvalue weighted by Crippen LogP contribution is 2.64. The number of hydrogen-bond donors (Lipinski definition) is 11. The molecule has 97 heavy (non-hydrogen) atoms. The van der Waals surface area contributed by atoms with E-state index in [2.05, 4.69) is 55.2 Å². The Kier molecular flexibility index (Phi) is 22.8. The summed E-state index contributed by atoms with van der Waals surface area (Å²) in [6.07, 6.45) is 3.93. The van der Waals surface area contributed by atoms with Crippen molar-refractivity contribution in [3.05, 3.63) is 143 Å². The molecule has 3 heterocycles. The van der Waals surface area contributed by atoms with Gasteiger partial charge < -0.3 is 86.9 Å². The average Bonchev–Trinajstić information content (AvgIpc) is 1.55. The molecule has 3 aliphatic heterocycles. The van der Waals surface area contributed by atoms with Crippen molar-refractivity contribution in [2.24, 2.45) is 23.3 Å². The number of allylic oxidation sites excluding steroid dienone is 1.